The summed E-state index contributed by atoms with van der Waals surface area (Å²) in [6.07, 6.45) is 7.21. The predicted molar refractivity (Wildman–Crippen MR) is 142 cm³/mol. The molecule has 10 heteroatoms. The van der Waals surface area contributed by atoms with Gasteiger partial charge in [0.05, 0.1) is 12.6 Å². The Morgan fingerprint density at radius 1 is 1.22 bits per heavy atom. The molecule has 3 aliphatic rings. The number of carbonyl (C=O) groups is 1. The molecule has 1 N–H and O–H groups in total. The van der Waals surface area contributed by atoms with E-state index in [4.69, 9.17) is 9.72 Å². The highest BCUT2D eigenvalue weighted by Gasteiger charge is 2.50. The normalized spacial score (nSPS) is 21.5. The molecule has 3 aromatic heterocycles. The number of nitrogens with zero attached hydrogens (tertiary/aromatic N) is 7. The Kier molecular flexibility index (Phi) is 6.34. The van der Waals surface area contributed by atoms with Crippen molar-refractivity contribution >= 4 is 28.7 Å². The summed E-state index contributed by atoms with van der Waals surface area (Å²) in [7, 11) is 3.52. The fourth-order valence-electron chi connectivity index (χ4n) is 5.86. The molecule has 0 aromatic carbocycles. The van der Waals surface area contributed by atoms with E-state index >= 15 is 0 Å². The molecule has 0 bridgehead atoms. The van der Waals surface area contributed by atoms with Gasteiger partial charge in [-0.25, -0.2) is 9.97 Å². The summed E-state index contributed by atoms with van der Waals surface area (Å²) in [5.41, 5.74) is 2.98. The van der Waals surface area contributed by atoms with Crippen molar-refractivity contribution in [3.8, 4) is 0 Å². The molecule has 2 saturated heterocycles. The standard InChI is InChI=1S/C27H36N8O2/c1-4-34-11-10-33(18-27(34)8-9-27)16-19-5-6-23(28-14-19)30-26-29-15-20-13-22(25(36)32(2)3)35(24(20)31-26)21-7-12-37-17-21/h5-6,13-15,21H,4,7-12,16-18H2,1-3H3,(H,28,29,30,31)/t21-/m0/s1. The lowest BCUT2D eigenvalue weighted by Crippen LogP contribution is -2.54. The van der Waals surface area contributed by atoms with Gasteiger partial charge in [0.25, 0.3) is 5.91 Å². The fourth-order valence-corrected chi connectivity index (χ4v) is 5.86. The van der Waals surface area contributed by atoms with E-state index in [1.165, 1.54) is 18.4 Å². The number of anilines is 2. The van der Waals surface area contributed by atoms with Crippen molar-refractivity contribution in [1.82, 2.24) is 34.2 Å². The number of ether oxygens (including phenoxy) is 1. The van der Waals surface area contributed by atoms with E-state index in [1.807, 2.05) is 22.9 Å². The first kappa shape index (κ1) is 24.3. The highest BCUT2D eigenvalue weighted by atomic mass is 16.5. The summed E-state index contributed by atoms with van der Waals surface area (Å²) >= 11 is 0. The smallest absolute Gasteiger partial charge is 0.270 e. The third kappa shape index (κ3) is 4.69. The topological polar surface area (TPSA) is 91.7 Å². The summed E-state index contributed by atoms with van der Waals surface area (Å²) in [4.78, 5) is 33.6. The lowest BCUT2D eigenvalue weighted by atomic mass is 10.1. The van der Waals surface area contributed by atoms with Gasteiger partial charge in [0.1, 0.15) is 17.2 Å². The fraction of sp³-hybridized carbons (Fsp3) is 0.556. The molecule has 3 fully saturated rings. The van der Waals surface area contributed by atoms with E-state index in [0.717, 1.165) is 50.2 Å². The highest BCUT2D eigenvalue weighted by molar-refractivity contribution is 5.97. The third-order valence-electron chi connectivity index (χ3n) is 8.03. The number of aromatic nitrogens is 4. The second-order valence-electron chi connectivity index (χ2n) is 10.8. The first-order chi connectivity index (χ1) is 18.0. The molecule has 2 aliphatic heterocycles. The van der Waals surface area contributed by atoms with Gasteiger partial charge in [-0.1, -0.05) is 13.0 Å². The molecule has 1 saturated carbocycles. The van der Waals surface area contributed by atoms with Crippen LogP contribution in [0.5, 0.6) is 0 Å². The number of pyridine rings is 1. The molecule has 0 radical (unpaired) electrons. The average Bonchev–Trinajstić information content (AvgIpc) is 3.29. The Labute approximate surface area is 217 Å². The van der Waals surface area contributed by atoms with Gasteiger partial charge in [0.15, 0.2) is 0 Å². The zero-order valence-corrected chi connectivity index (χ0v) is 22.0. The molecule has 5 heterocycles. The molecular weight excluding hydrogens is 468 g/mol. The van der Waals surface area contributed by atoms with Crippen LogP contribution in [0.3, 0.4) is 0 Å². The average molecular weight is 505 g/mol. The minimum Gasteiger partial charge on any atom is -0.379 e. The van der Waals surface area contributed by atoms with Crippen molar-refractivity contribution in [2.45, 2.75) is 44.3 Å². The van der Waals surface area contributed by atoms with Crippen LogP contribution >= 0.6 is 0 Å². The predicted octanol–water partition coefficient (Wildman–Crippen LogP) is 2.90. The lowest BCUT2D eigenvalue weighted by molar-refractivity contribution is 0.0591. The Morgan fingerprint density at radius 2 is 2.08 bits per heavy atom. The van der Waals surface area contributed by atoms with Gasteiger partial charge in [0, 0.05) is 70.2 Å². The van der Waals surface area contributed by atoms with Gasteiger partial charge in [-0.05, 0) is 43.5 Å². The van der Waals surface area contributed by atoms with E-state index in [1.54, 1.807) is 25.2 Å². The number of piperazine rings is 1. The van der Waals surface area contributed by atoms with E-state index in [2.05, 4.69) is 38.1 Å². The van der Waals surface area contributed by atoms with Crippen molar-refractivity contribution < 1.29 is 9.53 Å². The minimum atomic E-state index is -0.0552. The van der Waals surface area contributed by atoms with E-state index in [0.29, 0.717) is 36.2 Å². The van der Waals surface area contributed by atoms with Crippen LogP contribution in [-0.2, 0) is 11.3 Å². The van der Waals surface area contributed by atoms with E-state index < -0.39 is 0 Å². The Morgan fingerprint density at radius 3 is 2.76 bits per heavy atom. The second kappa shape index (κ2) is 9.66. The molecule has 37 heavy (non-hydrogen) atoms. The maximum atomic E-state index is 12.9. The summed E-state index contributed by atoms with van der Waals surface area (Å²) in [5.74, 6) is 1.10. The Hall–Kier alpha value is -3.08. The monoisotopic (exact) mass is 504 g/mol. The lowest BCUT2D eigenvalue weighted by Gasteiger charge is -2.41. The number of likely N-dealkylation sites (N-methyl/N-ethyl adjacent to an activating group) is 1. The summed E-state index contributed by atoms with van der Waals surface area (Å²) in [5, 5.41) is 4.08. The van der Waals surface area contributed by atoms with Gasteiger partial charge in [-0.3, -0.25) is 14.6 Å². The zero-order valence-electron chi connectivity index (χ0n) is 22.0. The number of hydrogen-bond donors (Lipinski definition) is 1. The maximum absolute atomic E-state index is 12.9. The molecule has 1 amide bonds. The highest BCUT2D eigenvalue weighted by Crippen LogP contribution is 2.44. The molecule has 196 valence electrons. The van der Waals surface area contributed by atoms with Crippen molar-refractivity contribution in [3.63, 3.8) is 0 Å². The van der Waals surface area contributed by atoms with Crippen molar-refractivity contribution in [2.24, 2.45) is 0 Å². The van der Waals surface area contributed by atoms with Gasteiger partial charge in [-0.15, -0.1) is 0 Å². The minimum absolute atomic E-state index is 0.0552. The summed E-state index contributed by atoms with van der Waals surface area (Å²) < 4.78 is 7.63. The number of nitrogens with one attached hydrogen (secondary N) is 1. The zero-order chi connectivity index (χ0) is 25.6. The van der Waals surface area contributed by atoms with Crippen LogP contribution in [0.4, 0.5) is 11.8 Å². The molecular formula is C27H36N8O2. The van der Waals surface area contributed by atoms with Crippen LogP contribution in [-0.4, -0.2) is 99.2 Å². The van der Waals surface area contributed by atoms with Crippen LogP contribution in [0, 0.1) is 0 Å². The number of rotatable bonds is 7. The Balaban J connectivity index is 1.18. The van der Waals surface area contributed by atoms with Crippen molar-refractivity contribution in [3.05, 3.63) is 41.9 Å². The summed E-state index contributed by atoms with van der Waals surface area (Å²) in [6, 6.07) is 6.07. The van der Waals surface area contributed by atoms with Crippen LogP contribution < -0.4 is 5.32 Å². The molecule has 1 atom stereocenters. The van der Waals surface area contributed by atoms with Crippen LogP contribution in [0.1, 0.15) is 48.3 Å². The van der Waals surface area contributed by atoms with Crippen molar-refractivity contribution in [2.75, 3.05) is 58.8 Å². The van der Waals surface area contributed by atoms with Crippen LogP contribution in [0.25, 0.3) is 11.0 Å². The molecule has 10 nitrogen and oxygen atoms in total. The van der Waals surface area contributed by atoms with Gasteiger partial charge in [0.2, 0.25) is 5.95 Å². The Bertz CT molecular complexity index is 1280. The molecule has 1 spiro atoms. The van der Waals surface area contributed by atoms with Gasteiger partial charge in [-0.2, -0.15) is 4.98 Å². The van der Waals surface area contributed by atoms with Crippen LogP contribution in [0.2, 0.25) is 0 Å². The number of amides is 1. The summed E-state index contributed by atoms with van der Waals surface area (Å²) in [6.45, 7) is 9.01. The van der Waals surface area contributed by atoms with Gasteiger partial charge >= 0.3 is 0 Å². The first-order valence-corrected chi connectivity index (χ1v) is 13.3. The molecule has 3 aromatic rings. The van der Waals surface area contributed by atoms with E-state index in [9.17, 15) is 4.79 Å². The number of fused-ring (bicyclic) bond motifs is 1. The quantitative estimate of drug-likeness (QED) is 0.525. The SMILES string of the molecule is CCN1CCN(Cc2ccc(Nc3ncc4cc(C(=O)N(C)C)n([C@H]5CCOC5)c4n3)nc2)CC12CC2. The van der Waals surface area contributed by atoms with Crippen LogP contribution in [0.15, 0.2) is 30.6 Å². The van der Waals surface area contributed by atoms with E-state index in [-0.39, 0.29) is 11.9 Å². The molecule has 0 unspecified atom stereocenters. The molecule has 1 aliphatic carbocycles. The third-order valence-corrected chi connectivity index (χ3v) is 8.03. The van der Waals surface area contributed by atoms with Gasteiger partial charge < -0.3 is 19.5 Å². The molecule has 6 rings (SSSR count). The maximum Gasteiger partial charge on any atom is 0.270 e. The number of carbonyl (C=O) groups excluding carboxylic acids is 1. The number of hydrogen-bond acceptors (Lipinski definition) is 8. The first-order valence-electron chi connectivity index (χ1n) is 13.3. The van der Waals surface area contributed by atoms with Crippen molar-refractivity contribution in [1.29, 1.82) is 0 Å². The largest absolute Gasteiger partial charge is 0.379 e. The second-order valence-corrected chi connectivity index (χ2v) is 10.8.